The van der Waals surface area contributed by atoms with E-state index in [9.17, 15) is 15.8 Å². The van der Waals surface area contributed by atoms with E-state index in [4.69, 9.17) is 0 Å². The predicted octanol–water partition coefficient (Wildman–Crippen LogP) is 2.83. The van der Waals surface area contributed by atoms with Gasteiger partial charge < -0.3 is 5.32 Å². The number of nitriles is 3. The number of rotatable bonds is 0. The van der Waals surface area contributed by atoms with Gasteiger partial charge in [-0.15, -0.1) is 0 Å². The van der Waals surface area contributed by atoms with Gasteiger partial charge in [-0.05, 0) is 35.2 Å². The first-order chi connectivity index (χ1) is 8.55. The molecule has 90 valence electrons. The highest BCUT2D eigenvalue weighted by molar-refractivity contribution is 9.11. The van der Waals surface area contributed by atoms with Gasteiger partial charge in [0, 0.05) is 11.1 Å². The molecule has 4 nitrogen and oxygen atoms in total. The van der Waals surface area contributed by atoms with Crippen LogP contribution in [0.3, 0.4) is 0 Å². The third-order valence-electron chi connectivity index (χ3n) is 3.94. The van der Waals surface area contributed by atoms with Crippen LogP contribution < -0.4 is 5.32 Å². The Morgan fingerprint density at radius 1 is 1.33 bits per heavy atom. The van der Waals surface area contributed by atoms with E-state index < -0.39 is 10.8 Å². The maximum absolute atomic E-state index is 9.53. The summed E-state index contributed by atoms with van der Waals surface area (Å²) in [6, 6.07) is 6.17. The van der Waals surface area contributed by atoms with Gasteiger partial charge in [-0.1, -0.05) is 13.0 Å². The highest BCUT2D eigenvalue weighted by atomic mass is 79.9. The standard InChI is InChI=1S/C13H11BrN4/c1-12-5-3-2-4-10(12)18-11(14)9(6-15)13(12,7-16)8-17/h4,18H,2-3,5H2,1H3. The zero-order chi connectivity index (χ0) is 13.4. The number of hydrogen-bond acceptors (Lipinski definition) is 4. The van der Waals surface area contributed by atoms with Crippen LogP contribution in [0.5, 0.6) is 0 Å². The van der Waals surface area contributed by atoms with Gasteiger partial charge in [0.1, 0.15) is 6.07 Å². The first-order valence-electron chi connectivity index (χ1n) is 5.66. The average molecular weight is 303 g/mol. The van der Waals surface area contributed by atoms with E-state index in [1.807, 2.05) is 19.1 Å². The number of nitrogens with one attached hydrogen (secondary N) is 1. The van der Waals surface area contributed by atoms with Crippen molar-refractivity contribution in [3.8, 4) is 18.2 Å². The Morgan fingerprint density at radius 2 is 2.00 bits per heavy atom. The van der Waals surface area contributed by atoms with Gasteiger partial charge in [0.25, 0.3) is 0 Å². The Labute approximate surface area is 114 Å². The Balaban J connectivity index is 2.79. The van der Waals surface area contributed by atoms with E-state index in [2.05, 4.69) is 33.4 Å². The van der Waals surface area contributed by atoms with E-state index in [0.717, 1.165) is 25.0 Å². The van der Waals surface area contributed by atoms with Crippen molar-refractivity contribution in [2.24, 2.45) is 10.8 Å². The van der Waals surface area contributed by atoms with Crippen LogP contribution >= 0.6 is 15.9 Å². The highest BCUT2D eigenvalue weighted by Gasteiger charge is 2.58. The molecule has 1 unspecified atom stereocenters. The Hall–Kier alpha value is -1.77. The average Bonchev–Trinajstić information content (AvgIpc) is 2.37. The lowest BCUT2D eigenvalue weighted by molar-refractivity contribution is 0.204. The molecular formula is C13H11BrN4. The largest absolute Gasteiger partial charge is 0.352 e. The fourth-order valence-corrected chi connectivity index (χ4v) is 3.38. The van der Waals surface area contributed by atoms with E-state index >= 15 is 0 Å². The second-order valence-electron chi connectivity index (χ2n) is 4.74. The number of fused-ring (bicyclic) bond motifs is 1. The SMILES string of the molecule is CC12CCCC=C1NC(Br)=C(C#N)C2(C#N)C#N. The third-order valence-corrected chi connectivity index (χ3v) is 4.53. The van der Waals surface area contributed by atoms with E-state index in [1.165, 1.54) is 0 Å². The van der Waals surface area contributed by atoms with Crippen LogP contribution in [0, 0.1) is 44.8 Å². The molecule has 0 aromatic heterocycles. The quantitative estimate of drug-likeness (QED) is 0.697. The number of halogens is 1. The molecule has 1 N–H and O–H groups in total. The molecule has 1 atom stereocenters. The normalized spacial score (nSPS) is 28.9. The van der Waals surface area contributed by atoms with Crippen molar-refractivity contribution in [2.75, 3.05) is 0 Å². The van der Waals surface area contributed by atoms with Gasteiger partial charge in [0.05, 0.1) is 22.3 Å². The molecule has 2 rings (SSSR count). The molecule has 0 saturated carbocycles. The van der Waals surface area contributed by atoms with E-state index in [0.29, 0.717) is 4.61 Å². The minimum absolute atomic E-state index is 0.175. The molecule has 0 spiro atoms. The molecule has 0 amide bonds. The van der Waals surface area contributed by atoms with Crippen molar-refractivity contribution in [1.82, 2.24) is 5.32 Å². The fourth-order valence-electron chi connectivity index (χ4n) is 2.78. The summed E-state index contributed by atoms with van der Waals surface area (Å²) in [7, 11) is 0. The number of allylic oxidation sites excluding steroid dienone is 3. The summed E-state index contributed by atoms with van der Waals surface area (Å²) in [5.74, 6) is 0. The molecule has 1 aliphatic heterocycles. The first kappa shape index (κ1) is 12.7. The van der Waals surface area contributed by atoms with Crippen molar-refractivity contribution in [2.45, 2.75) is 26.2 Å². The maximum atomic E-state index is 9.53. The minimum atomic E-state index is -1.42. The van der Waals surface area contributed by atoms with E-state index in [-0.39, 0.29) is 5.57 Å². The van der Waals surface area contributed by atoms with Crippen LogP contribution in [0.25, 0.3) is 0 Å². The van der Waals surface area contributed by atoms with Crippen molar-refractivity contribution in [3.63, 3.8) is 0 Å². The summed E-state index contributed by atoms with van der Waals surface area (Å²) in [6.45, 7) is 1.88. The number of nitrogens with zero attached hydrogens (tertiary/aromatic N) is 3. The smallest absolute Gasteiger partial charge is 0.191 e. The molecule has 1 heterocycles. The molecule has 0 bridgehead atoms. The van der Waals surface area contributed by atoms with Crippen LogP contribution in [0.15, 0.2) is 22.0 Å². The van der Waals surface area contributed by atoms with Crippen LogP contribution in [0.2, 0.25) is 0 Å². The lowest BCUT2D eigenvalue weighted by Crippen LogP contribution is -2.49. The van der Waals surface area contributed by atoms with Crippen LogP contribution in [0.1, 0.15) is 26.2 Å². The molecule has 5 heteroatoms. The number of hydrogen-bond donors (Lipinski definition) is 1. The lowest BCUT2D eigenvalue weighted by Gasteiger charge is -2.46. The summed E-state index contributed by atoms with van der Waals surface area (Å²) in [4.78, 5) is 0. The molecule has 0 fully saturated rings. The molecule has 0 saturated heterocycles. The van der Waals surface area contributed by atoms with E-state index in [1.54, 1.807) is 0 Å². The summed E-state index contributed by atoms with van der Waals surface area (Å²) in [5.41, 5.74) is -1.02. The topological polar surface area (TPSA) is 83.4 Å². The molecule has 0 aromatic carbocycles. The van der Waals surface area contributed by atoms with Gasteiger partial charge in [0.15, 0.2) is 5.41 Å². The molecule has 0 aromatic rings. The van der Waals surface area contributed by atoms with Crippen molar-refractivity contribution < 1.29 is 0 Å². The van der Waals surface area contributed by atoms with Gasteiger partial charge in [-0.3, -0.25) is 0 Å². The summed E-state index contributed by atoms with van der Waals surface area (Å²) in [6.07, 6.45) is 4.58. The zero-order valence-corrected chi connectivity index (χ0v) is 11.5. The first-order valence-corrected chi connectivity index (χ1v) is 6.45. The van der Waals surface area contributed by atoms with Gasteiger partial charge in [0.2, 0.25) is 0 Å². The molecule has 2 aliphatic rings. The summed E-state index contributed by atoms with van der Waals surface area (Å²) in [5, 5.41) is 31.4. The maximum Gasteiger partial charge on any atom is 0.191 e. The lowest BCUT2D eigenvalue weighted by atomic mass is 9.56. The Bertz CT molecular complexity index is 568. The Kier molecular flexibility index (Phi) is 2.93. The Morgan fingerprint density at radius 3 is 2.56 bits per heavy atom. The second-order valence-corrected chi connectivity index (χ2v) is 5.53. The molecule has 1 aliphatic carbocycles. The zero-order valence-electron chi connectivity index (χ0n) is 9.92. The fraction of sp³-hybridized carbons (Fsp3) is 0.462. The van der Waals surface area contributed by atoms with Crippen molar-refractivity contribution in [1.29, 1.82) is 15.8 Å². The second kappa shape index (κ2) is 4.16. The molecular weight excluding hydrogens is 292 g/mol. The van der Waals surface area contributed by atoms with Crippen LogP contribution in [-0.2, 0) is 0 Å². The highest BCUT2D eigenvalue weighted by Crippen LogP contribution is 2.56. The monoisotopic (exact) mass is 302 g/mol. The van der Waals surface area contributed by atoms with Crippen molar-refractivity contribution >= 4 is 15.9 Å². The van der Waals surface area contributed by atoms with Crippen molar-refractivity contribution in [3.05, 3.63) is 22.0 Å². The minimum Gasteiger partial charge on any atom is -0.352 e. The van der Waals surface area contributed by atoms with Crippen LogP contribution in [0.4, 0.5) is 0 Å². The van der Waals surface area contributed by atoms with Gasteiger partial charge >= 0.3 is 0 Å². The molecule has 18 heavy (non-hydrogen) atoms. The van der Waals surface area contributed by atoms with Gasteiger partial charge in [-0.25, -0.2) is 0 Å². The predicted molar refractivity (Wildman–Crippen MR) is 68.4 cm³/mol. The summed E-state index contributed by atoms with van der Waals surface area (Å²) < 4.78 is 0.429. The third kappa shape index (κ3) is 1.33. The molecule has 0 radical (unpaired) electrons. The summed E-state index contributed by atoms with van der Waals surface area (Å²) >= 11 is 3.26. The van der Waals surface area contributed by atoms with Crippen LogP contribution in [-0.4, -0.2) is 0 Å². The van der Waals surface area contributed by atoms with Gasteiger partial charge in [-0.2, -0.15) is 15.8 Å².